The van der Waals surface area contributed by atoms with Gasteiger partial charge in [0.05, 0.1) is 12.1 Å². The Morgan fingerprint density at radius 1 is 0.659 bits per heavy atom. The van der Waals surface area contributed by atoms with Crippen LogP contribution >= 0.6 is 0 Å². The third-order valence-corrected chi connectivity index (χ3v) is 6.58. The number of hydrogen-bond donors (Lipinski definition) is 1. The van der Waals surface area contributed by atoms with Gasteiger partial charge in [-0.1, -0.05) is 78.9 Å². The van der Waals surface area contributed by atoms with Crippen LogP contribution in [-0.4, -0.2) is 11.8 Å². The van der Waals surface area contributed by atoms with Gasteiger partial charge in [0.2, 0.25) is 0 Å². The van der Waals surface area contributed by atoms with Gasteiger partial charge in [-0.05, 0) is 71.3 Å². The highest BCUT2D eigenvalue weighted by atomic mass is 19.4. The van der Waals surface area contributed by atoms with Crippen LogP contribution < -0.4 is 10.2 Å². The predicted octanol–water partition coefficient (Wildman–Crippen LogP) is 8.47. The van der Waals surface area contributed by atoms with Crippen molar-refractivity contribution in [3.63, 3.8) is 0 Å². The molecule has 4 nitrogen and oxygen atoms in total. The van der Waals surface area contributed by atoms with Crippen LogP contribution in [0, 0.1) is 0 Å². The molecule has 0 aromatic heterocycles. The molecule has 0 aliphatic carbocycles. The first kappa shape index (κ1) is 27.4. The first-order chi connectivity index (χ1) is 19.8. The van der Waals surface area contributed by atoms with E-state index in [0.29, 0.717) is 22.5 Å². The van der Waals surface area contributed by atoms with Gasteiger partial charge in [-0.3, -0.25) is 9.59 Å². The smallest absolute Gasteiger partial charge is 0.322 e. The van der Waals surface area contributed by atoms with Crippen LogP contribution in [0.3, 0.4) is 0 Å². The SMILES string of the molecule is O=C(Nc1ccc(C(=O)N(Cc2ccccc2)c2ccc(C(F)(F)F)cc2)cc1)c1ccccc1-c1ccccc1. The van der Waals surface area contributed by atoms with Crippen LogP contribution in [0.2, 0.25) is 0 Å². The number of rotatable bonds is 7. The molecule has 2 amide bonds. The number of nitrogens with one attached hydrogen (secondary N) is 1. The Labute approximate surface area is 235 Å². The predicted molar refractivity (Wildman–Crippen MR) is 155 cm³/mol. The van der Waals surface area contributed by atoms with Crippen molar-refractivity contribution in [2.75, 3.05) is 10.2 Å². The molecule has 0 saturated heterocycles. The number of hydrogen-bond acceptors (Lipinski definition) is 2. The molecular formula is C34H25F3N2O2. The first-order valence-electron chi connectivity index (χ1n) is 12.9. The molecule has 0 fully saturated rings. The van der Waals surface area contributed by atoms with Gasteiger partial charge in [-0.2, -0.15) is 13.2 Å². The van der Waals surface area contributed by atoms with Crippen molar-refractivity contribution in [3.8, 4) is 11.1 Å². The van der Waals surface area contributed by atoms with Crippen molar-refractivity contribution >= 4 is 23.2 Å². The van der Waals surface area contributed by atoms with Gasteiger partial charge >= 0.3 is 6.18 Å². The molecule has 7 heteroatoms. The highest BCUT2D eigenvalue weighted by Crippen LogP contribution is 2.31. The second kappa shape index (κ2) is 11.9. The second-order valence-electron chi connectivity index (χ2n) is 9.36. The van der Waals surface area contributed by atoms with E-state index in [1.807, 2.05) is 72.8 Å². The van der Waals surface area contributed by atoms with E-state index in [9.17, 15) is 22.8 Å². The number of benzene rings is 5. The van der Waals surface area contributed by atoms with Gasteiger partial charge in [0.15, 0.2) is 0 Å². The summed E-state index contributed by atoms with van der Waals surface area (Å²) >= 11 is 0. The Kier molecular flexibility index (Phi) is 7.97. The zero-order chi connectivity index (χ0) is 28.8. The summed E-state index contributed by atoms with van der Waals surface area (Å²) in [5, 5.41) is 2.89. The lowest BCUT2D eigenvalue weighted by atomic mass is 9.99. The molecule has 5 rings (SSSR count). The van der Waals surface area contributed by atoms with Crippen LogP contribution in [-0.2, 0) is 12.7 Å². The minimum Gasteiger partial charge on any atom is -0.322 e. The maximum atomic E-state index is 13.6. The quantitative estimate of drug-likeness (QED) is 0.221. The standard InChI is InChI=1S/C34H25F3N2O2/c35-34(36,37)27-17-21-29(22-18-27)39(23-24-9-3-1-4-10-24)33(41)26-15-19-28(20-16-26)38-32(40)31-14-8-7-13-30(31)25-11-5-2-6-12-25/h1-22H,23H2,(H,38,40). The van der Waals surface area contributed by atoms with E-state index in [1.165, 1.54) is 17.0 Å². The van der Waals surface area contributed by atoms with Crippen molar-refractivity contribution in [1.29, 1.82) is 0 Å². The summed E-state index contributed by atoms with van der Waals surface area (Å²) in [6.07, 6.45) is -4.48. The van der Waals surface area contributed by atoms with Crippen molar-refractivity contribution in [1.82, 2.24) is 0 Å². The second-order valence-corrected chi connectivity index (χ2v) is 9.36. The van der Waals surface area contributed by atoms with Crippen LogP contribution in [0.25, 0.3) is 11.1 Å². The minimum atomic E-state index is -4.48. The fourth-order valence-corrected chi connectivity index (χ4v) is 4.48. The molecule has 41 heavy (non-hydrogen) atoms. The van der Waals surface area contributed by atoms with E-state index in [-0.39, 0.29) is 18.4 Å². The minimum absolute atomic E-state index is 0.166. The monoisotopic (exact) mass is 550 g/mol. The molecule has 0 aliphatic heterocycles. The summed E-state index contributed by atoms with van der Waals surface area (Å²) < 4.78 is 39.4. The van der Waals surface area contributed by atoms with Crippen molar-refractivity contribution in [2.24, 2.45) is 0 Å². The largest absolute Gasteiger partial charge is 0.416 e. The molecule has 5 aromatic rings. The maximum absolute atomic E-state index is 13.6. The van der Waals surface area contributed by atoms with Crippen molar-refractivity contribution in [3.05, 3.63) is 156 Å². The Bertz CT molecular complexity index is 1630. The Morgan fingerprint density at radius 2 is 1.24 bits per heavy atom. The molecule has 0 radical (unpaired) electrons. The Morgan fingerprint density at radius 3 is 1.88 bits per heavy atom. The van der Waals surface area contributed by atoms with Gasteiger partial charge in [0, 0.05) is 22.5 Å². The molecule has 0 aliphatic rings. The molecule has 5 aromatic carbocycles. The number of halogens is 3. The van der Waals surface area contributed by atoms with Crippen LogP contribution in [0.15, 0.2) is 133 Å². The summed E-state index contributed by atoms with van der Waals surface area (Å²) in [7, 11) is 0. The van der Waals surface area contributed by atoms with E-state index in [2.05, 4.69) is 5.32 Å². The molecule has 204 valence electrons. The van der Waals surface area contributed by atoms with E-state index in [1.54, 1.807) is 36.4 Å². The van der Waals surface area contributed by atoms with E-state index in [4.69, 9.17) is 0 Å². The summed E-state index contributed by atoms with van der Waals surface area (Å²) in [4.78, 5) is 28.2. The number of alkyl halides is 3. The van der Waals surface area contributed by atoms with E-state index in [0.717, 1.165) is 28.8 Å². The molecule has 0 unspecified atom stereocenters. The summed E-state index contributed by atoms with van der Waals surface area (Å²) in [6, 6.07) is 37.0. The topological polar surface area (TPSA) is 49.4 Å². The molecule has 1 N–H and O–H groups in total. The van der Waals surface area contributed by atoms with Gasteiger partial charge in [-0.15, -0.1) is 0 Å². The van der Waals surface area contributed by atoms with Gasteiger partial charge in [-0.25, -0.2) is 0 Å². The fraction of sp³-hybridized carbons (Fsp3) is 0.0588. The molecule has 0 saturated carbocycles. The van der Waals surface area contributed by atoms with Crippen molar-refractivity contribution < 1.29 is 22.8 Å². The molecule has 0 atom stereocenters. The van der Waals surface area contributed by atoms with Gasteiger partial charge in [0.1, 0.15) is 0 Å². The first-order valence-corrected chi connectivity index (χ1v) is 12.9. The number of amides is 2. The number of anilines is 2. The lowest BCUT2D eigenvalue weighted by Gasteiger charge is -2.24. The highest BCUT2D eigenvalue weighted by Gasteiger charge is 2.30. The normalized spacial score (nSPS) is 11.1. The zero-order valence-corrected chi connectivity index (χ0v) is 21.8. The summed E-state index contributed by atoms with van der Waals surface area (Å²) in [5.41, 5.74) is 3.41. The molecule has 0 bridgehead atoms. The lowest BCUT2D eigenvalue weighted by molar-refractivity contribution is -0.137. The molecule has 0 spiro atoms. The van der Waals surface area contributed by atoms with Crippen LogP contribution in [0.5, 0.6) is 0 Å². The van der Waals surface area contributed by atoms with Crippen molar-refractivity contribution in [2.45, 2.75) is 12.7 Å². The number of carbonyl (C=O) groups excluding carboxylic acids is 2. The maximum Gasteiger partial charge on any atom is 0.416 e. The highest BCUT2D eigenvalue weighted by molar-refractivity contribution is 6.09. The lowest BCUT2D eigenvalue weighted by Crippen LogP contribution is -2.30. The fourth-order valence-electron chi connectivity index (χ4n) is 4.48. The Balaban J connectivity index is 1.37. The Hall–Kier alpha value is -5.17. The van der Waals surface area contributed by atoms with Crippen LogP contribution in [0.1, 0.15) is 31.8 Å². The van der Waals surface area contributed by atoms with E-state index >= 15 is 0 Å². The summed E-state index contributed by atoms with van der Waals surface area (Å²) in [5.74, 6) is -0.681. The van der Waals surface area contributed by atoms with Gasteiger partial charge < -0.3 is 10.2 Å². The third kappa shape index (κ3) is 6.53. The van der Waals surface area contributed by atoms with Crippen LogP contribution in [0.4, 0.5) is 24.5 Å². The third-order valence-electron chi connectivity index (χ3n) is 6.58. The van der Waals surface area contributed by atoms with Gasteiger partial charge in [0.25, 0.3) is 11.8 Å². The molecular weight excluding hydrogens is 525 g/mol. The number of carbonyl (C=O) groups is 2. The number of nitrogens with zero attached hydrogens (tertiary/aromatic N) is 1. The summed E-state index contributed by atoms with van der Waals surface area (Å²) in [6.45, 7) is 0.166. The zero-order valence-electron chi connectivity index (χ0n) is 21.8. The van der Waals surface area contributed by atoms with E-state index < -0.39 is 11.7 Å². The average Bonchev–Trinajstić information content (AvgIpc) is 3.00. The average molecular weight is 551 g/mol. The molecule has 0 heterocycles.